The largest absolute Gasteiger partial charge is 0.478 e. The van der Waals surface area contributed by atoms with Crippen molar-refractivity contribution < 1.29 is 19.8 Å². The van der Waals surface area contributed by atoms with Gasteiger partial charge in [0.25, 0.3) is 0 Å². The molecule has 0 saturated carbocycles. The van der Waals surface area contributed by atoms with Crippen LogP contribution in [0.4, 0.5) is 0 Å². The molecule has 2 aromatic carbocycles. The molecule has 104 valence electrons. The van der Waals surface area contributed by atoms with Crippen LogP contribution in [0.3, 0.4) is 0 Å². The Labute approximate surface area is 121 Å². The van der Waals surface area contributed by atoms with Crippen LogP contribution < -0.4 is 0 Å². The first-order chi connectivity index (χ1) is 9.95. The Morgan fingerprint density at radius 1 is 1.10 bits per heavy atom. The summed E-state index contributed by atoms with van der Waals surface area (Å²) in [6.07, 6.45) is 5.34. The van der Waals surface area contributed by atoms with Crippen molar-refractivity contribution in [2.24, 2.45) is 0 Å². The summed E-state index contributed by atoms with van der Waals surface area (Å²) < 4.78 is 0. The maximum atomic E-state index is 11.5. The smallest absolute Gasteiger partial charge is 0.336 e. The van der Waals surface area contributed by atoms with Crippen molar-refractivity contribution in [3.63, 3.8) is 0 Å². The van der Waals surface area contributed by atoms with Gasteiger partial charge in [0, 0.05) is 5.56 Å². The Bertz CT molecular complexity index is 782. The van der Waals surface area contributed by atoms with E-state index in [4.69, 9.17) is 11.5 Å². The first kappa shape index (κ1) is 14.4. The van der Waals surface area contributed by atoms with E-state index in [0.29, 0.717) is 16.7 Å². The Morgan fingerprint density at radius 2 is 1.81 bits per heavy atom. The summed E-state index contributed by atoms with van der Waals surface area (Å²) in [5.41, 5.74) is 1.89. The fourth-order valence-corrected chi connectivity index (χ4v) is 2.24. The zero-order chi connectivity index (χ0) is 15.6. The van der Waals surface area contributed by atoms with E-state index in [2.05, 4.69) is 5.92 Å². The molecule has 0 heterocycles. The van der Waals surface area contributed by atoms with Crippen molar-refractivity contribution in [2.45, 2.75) is 6.92 Å². The minimum Gasteiger partial charge on any atom is -0.478 e. The van der Waals surface area contributed by atoms with Crippen LogP contribution in [0.15, 0.2) is 36.4 Å². The predicted molar refractivity (Wildman–Crippen MR) is 78.5 cm³/mol. The predicted octanol–water partition coefficient (Wildman–Crippen LogP) is 3.04. The summed E-state index contributed by atoms with van der Waals surface area (Å²) in [5, 5.41) is 18.5. The van der Waals surface area contributed by atoms with Gasteiger partial charge in [-0.05, 0) is 41.8 Å². The summed E-state index contributed by atoms with van der Waals surface area (Å²) in [7, 11) is 0. The molecule has 0 fully saturated rings. The lowest BCUT2D eigenvalue weighted by molar-refractivity contribution is 0.0696. The fraction of sp³-hybridized carbons (Fsp3) is 0.0588. The van der Waals surface area contributed by atoms with Gasteiger partial charge in [0.2, 0.25) is 0 Å². The molecule has 0 atom stereocenters. The number of hydrogen-bond acceptors (Lipinski definition) is 2. The summed E-state index contributed by atoms with van der Waals surface area (Å²) in [4.78, 5) is 22.6. The number of carboxylic acids is 2. The molecule has 0 unspecified atom stereocenters. The lowest BCUT2D eigenvalue weighted by Gasteiger charge is -2.12. The van der Waals surface area contributed by atoms with Gasteiger partial charge in [0.05, 0.1) is 11.1 Å². The quantitative estimate of drug-likeness (QED) is 0.847. The molecule has 2 aromatic rings. The highest BCUT2D eigenvalue weighted by Gasteiger charge is 2.20. The number of carbonyl (C=O) groups is 2. The molecule has 0 saturated heterocycles. The monoisotopic (exact) mass is 280 g/mol. The van der Waals surface area contributed by atoms with E-state index >= 15 is 0 Å². The Morgan fingerprint density at radius 3 is 2.38 bits per heavy atom. The molecule has 0 aliphatic heterocycles. The molecule has 4 heteroatoms. The standard InChI is InChI=1S/C17H12O4/c1-3-11-5-4-6-12(9-11)14-8-7-13(16(18)19)10(2)15(14)17(20)21/h1,4-9H,2H3,(H,18,19)(H,20,21). The average molecular weight is 280 g/mol. The van der Waals surface area contributed by atoms with Crippen molar-refractivity contribution in [2.75, 3.05) is 0 Å². The third-order valence-corrected chi connectivity index (χ3v) is 3.25. The third kappa shape index (κ3) is 2.63. The van der Waals surface area contributed by atoms with Crippen molar-refractivity contribution in [1.82, 2.24) is 0 Å². The average Bonchev–Trinajstić information content (AvgIpc) is 2.46. The van der Waals surface area contributed by atoms with Crippen molar-refractivity contribution in [3.8, 4) is 23.5 Å². The second-order valence-electron chi connectivity index (χ2n) is 4.50. The van der Waals surface area contributed by atoms with Crippen LogP contribution in [-0.2, 0) is 0 Å². The number of benzene rings is 2. The second-order valence-corrected chi connectivity index (χ2v) is 4.50. The van der Waals surface area contributed by atoms with Gasteiger partial charge in [-0.15, -0.1) is 6.42 Å². The Hall–Kier alpha value is -3.06. The molecule has 0 bridgehead atoms. The minimum absolute atomic E-state index is 0.0238. The van der Waals surface area contributed by atoms with Gasteiger partial charge in [-0.25, -0.2) is 9.59 Å². The van der Waals surface area contributed by atoms with Crippen LogP contribution in [0.2, 0.25) is 0 Å². The molecule has 0 aliphatic carbocycles. The first-order valence-corrected chi connectivity index (χ1v) is 6.13. The molecule has 0 radical (unpaired) electrons. The summed E-state index contributed by atoms with van der Waals surface area (Å²) in [5.74, 6) is 0.165. The highest BCUT2D eigenvalue weighted by Crippen LogP contribution is 2.29. The number of aromatic carboxylic acids is 2. The van der Waals surface area contributed by atoms with Crippen LogP contribution in [0.5, 0.6) is 0 Å². The maximum absolute atomic E-state index is 11.5. The van der Waals surface area contributed by atoms with Crippen LogP contribution in [0, 0.1) is 19.3 Å². The van der Waals surface area contributed by atoms with Crippen molar-refractivity contribution in [3.05, 3.63) is 58.7 Å². The van der Waals surface area contributed by atoms with E-state index in [0.717, 1.165) is 0 Å². The van der Waals surface area contributed by atoms with Gasteiger partial charge in [-0.2, -0.15) is 0 Å². The highest BCUT2D eigenvalue weighted by atomic mass is 16.4. The summed E-state index contributed by atoms with van der Waals surface area (Å²) >= 11 is 0. The lowest BCUT2D eigenvalue weighted by Crippen LogP contribution is -2.09. The number of rotatable bonds is 3. The topological polar surface area (TPSA) is 74.6 Å². The number of hydrogen-bond donors (Lipinski definition) is 2. The first-order valence-electron chi connectivity index (χ1n) is 6.13. The van der Waals surface area contributed by atoms with Crippen LogP contribution >= 0.6 is 0 Å². The molecular formula is C17H12O4. The maximum Gasteiger partial charge on any atom is 0.336 e. The summed E-state index contributed by atoms with van der Waals surface area (Å²) in [6.45, 7) is 1.49. The molecular weight excluding hydrogens is 268 g/mol. The van der Waals surface area contributed by atoms with Gasteiger partial charge in [-0.1, -0.05) is 24.1 Å². The summed E-state index contributed by atoms with van der Waals surface area (Å²) in [6, 6.07) is 9.81. The van der Waals surface area contributed by atoms with Crippen LogP contribution in [-0.4, -0.2) is 22.2 Å². The SMILES string of the molecule is C#Cc1cccc(-c2ccc(C(=O)O)c(C)c2C(=O)O)c1. The van der Waals surface area contributed by atoms with E-state index in [1.807, 2.05) is 0 Å². The van der Waals surface area contributed by atoms with Gasteiger partial charge in [0.1, 0.15) is 0 Å². The Balaban J connectivity index is 2.75. The van der Waals surface area contributed by atoms with Gasteiger partial charge in [0.15, 0.2) is 0 Å². The molecule has 2 N–H and O–H groups in total. The second kappa shape index (κ2) is 5.51. The minimum atomic E-state index is -1.17. The van der Waals surface area contributed by atoms with Crippen molar-refractivity contribution >= 4 is 11.9 Å². The molecule has 0 spiro atoms. The lowest BCUT2D eigenvalue weighted by atomic mass is 9.92. The molecule has 2 rings (SSSR count). The van der Waals surface area contributed by atoms with E-state index in [1.165, 1.54) is 19.1 Å². The van der Waals surface area contributed by atoms with Gasteiger partial charge < -0.3 is 10.2 Å². The van der Waals surface area contributed by atoms with E-state index in [-0.39, 0.29) is 16.7 Å². The van der Waals surface area contributed by atoms with E-state index in [9.17, 15) is 14.7 Å². The van der Waals surface area contributed by atoms with E-state index in [1.54, 1.807) is 24.3 Å². The number of carboxylic acid groups (broad SMARTS) is 2. The molecule has 21 heavy (non-hydrogen) atoms. The molecule has 4 nitrogen and oxygen atoms in total. The Kier molecular flexibility index (Phi) is 3.77. The van der Waals surface area contributed by atoms with E-state index < -0.39 is 11.9 Å². The van der Waals surface area contributed by atoms with Crippen molar-refractivity contribution in [1.29, 1.82) is 0 Å². The zero-order valence-corrected chi connectivity index (χ0v) is 11.3. The van der Waals surface area contributed by atoms with Crippen LogP contribution in [0.25, 0.3) is 11.1 Å². The molecule has 0 amide bonds. The fourth-order valence-electron chi connectivity index (χ4n) is 2.24. The normalized spacial score (nSPS) is 9.90. The third-order valence-electron chi connectivity index (χ3n) is 3.25. The van der Waals surface area contributed by atoms with Crippen LogP contribution in [0.1, 0.15) is 31.8 Å². The van der Waals surface area contributed by atoms with Gasteiger partial charge in [-0.3, -0.25) is 0 Å². The number of terminal acetylenes is 1. The highest BCUT2D eigenvalue weighted by molar-refractivity contribution is 6.02. The molecule has 0 aliphatic rings. The molecule has 0 aromatic heterocycles. The zero-order valence-electron chi connectivity index (χ0n) is 11.3. The van der Waals surface area contributed by atoms with Gasteiger partial charge >= 0.3 is 11.9 Å².